The van der Waals surface area contributed by atoms with Crippen LogP contribution < -0.4 is 10.5 Å². The summed E-state index contributed by atoms with van der Waals surface area (Å²) in [6, 6.07) is 3.62. The van der Waals surface area contributed by atoms with E-state index in [1.165, 1.54) is 7.11 Å². The van der Waals surface area contributed by atoms with Crippen LogP contribution >= 0.6 is 0 Å². The molecule has 5 heteroatoms. The molecule has 1 rings (SSSR count). The zero-order valence-electron chi connectivity index (χ0n) is 13.7. The van der Waals surface area contributed by atoms with Gasteiger partial charge in [0.1, 0.15) is 11.5 Å². The van der Waals surface area contributed by atoms with Crippen LogP contribution in [0.4, 0.5) is 5.69 Å². The molecule has 1 amide bonds. The lowest BCUT2D eigenvalue weighted by Crippen LogP contribution is -2.20. The number of carbonyl (C=O) groups is 1. The summed E-state index contributed by atoms with van der Waals surface area (Å²) in [4.78, 5) is 15.5. The first kappa shape index (κ1) is 17.8. The van der Waals surface area contributed by atoms with Gasteiger partial charge >= 0.3 is 0 Å². The Hall–Kier alpha value is -2.30. The highest BCUT2D eigenvalue weighted by atomic mass is 16.5. The fourth-order valence-corrected chi connectivity index (χ4v) is 2.14. The Labute approximate surface area is 131 Å². The van der Waals surface area contributed by atoms with Crippen molar-refractivity contribution >= 4 is 23.1 Å². The fraction of sp³-hybridized carbons (Fsp3) is 0.412. The number of amides is 1. The van der Waals surface area contributed by atoms with E-state index in [2.05, 4.69) is 18.5 Å². The average Bonchev–Trinajstić information content (AvgIpc) is 2.47. The molecule has 5 nitrogen and oxygen atoms in total. The first-order chi connectivity index (χ1) is 10.4. The molecule has 0 aliphatic carbocycles. The van der Waals surface area contributed by atoms with Gasteiger partial charge in [-0.15, -0.1) is 0 Å². The second-order valence-corrected chi connectivity index (χ2v) is 5.06. The molecule has 0 saturated heterocycles. The van der Waals surface area contributed by atoms with Crippen molar-refractivity contribution in [3.63, 3.8) is 0 Å². The minimum absolute atomic E-state index is 0.194. The van der Waals surface area contributed by atoms with Crippen LogP contribution in [-0.2, 0) is 9.53 Å². The van der Waals surface area contributed by atoms with E-state index in [-0.39, 0.29) is 6.61 Å². The second kappa shape index (κ2) is 8.22. The van der Waals surface area contributed by atoms with Crippen molar-refractivity contribution < 1.29 is 14.3 Å². The van der Waals surface area contributed by atoms with Gasteiger partial charge in [-0.2, -0.15) is 0 Å². The largest absolute Gasteiger partial charge is 0.497 e. The summed E-state index contributed by atoms with van der Waals surface area (Å²) in [7, 11) is 1.54. The molecule has 2 N–H and O–H groups in total. The normalized spacial score (nSPS) is 11.2. The highest BCUT2D eigenvalue weighted by Gasteiger charge is 2.15. The molecular formula is C17H24N2O3. The Balaban J connectivity index is 3.27. The van der Waals surface area contributed by atoms with Crippen molar-refractivity contribution in [2.24, 2.45) is 10.7 Å². The highest BCUT2D eigenvalue weighted by Crippen LogP contribution is 2.35. The van der Waals surface area contributed by atoms with Gasteiger partial charge in [-0.1, -0.05) is 19.9 Å². The zero-order valence-corrected chi connectivity index (χ0v) is 13.7. The molecule has 0 fully saturated rings. The molecule has 1 aromatic carbocycles. The standard InChI is InChI=1S/C17H24N2O3/c1-6-7-11(2)19-14-8-9-15(22-10-16(18)20)17(12(14)3)13(4)21-5/h8-9H,4,6-7,10H2,1-3,5H3,(H2,18,20). The van der Waals surface area contributed by atoms with E-state index >= 15 is 0 Å². The number of ether oxygens (including phenoxy) is 2. The Kier molecular flexibility index (Phi) is 6.63. The van der Waals surface area contributed by atoms with Crippen molar-refractivity contribution in [1.82, 2.24) is 0 Å². The maximum Gasteiger partial charge on any atom is 0.255 e. The minimum atomic E-state index is -0.535. The summed E-state index contributed by atoms with van der Waals surface area (Å²) in [5, 5.41) is 0. The lowest BCUT2D eigenvalue weighted by atomic mass is 10.0. The number of hydrogen-bond acceptors (Lipinski definition) is 4. The molecule has 0 radical (unpaired) electrons. The third-order valence-electron chi connectivity index (χ3n) is 3.22. The third kappa shape index (κ3) is 4.62. The lowest BCUT2D eigenvalue weighted by molar-refractivity contribution is -0.119. The average molecular weight is 304 g/mol. The van der Waals surface area contributed by atoms with Crippen molar-refractivity contribution in [2.75, 3.05) is 13.7 Å². The first-order valence-electron chi connectivity index (χ1n) is 7.22. The van der Waals surface area contributed by atoms with E-state index in [1.807, 2.05) is 19.9 Å². The number of carbonyl (C=O) groups excluding carboxylic acids is 1. The summed E-state index contributed by atoms with van der Waals surface area (Å²) in [5.74, 6) is 0.435. The van der Waals surface area contributed by atoms with Crippen molar-refractivity contribution in [1.29, 1.82) is 0 Å². The van der Waals surface area contributed by atoms with Gasteiger partial charge in [-0.25, -0.2) is 0 Å². The molecular weight excluding hydrogens is 280 g/mol. The Morgan fingerprint density at radius 1 is 1.41 bits per heavy atom. The Morgan fingerprint density at radius 2 is 2.09 bits per heavy atom. The number of nitrogens with two attached hydrogens (primary N) is 1. The molecule has 120 valence electrons. The van der Waals surface area contributed by atoms with Crippen molar-refractivity contribution in [3.05, 3.63) is 29.8 Å². The van der Waals surface area contributed by atoms with Crippen LogP contribution in [0.2, 0.25) is 0 Å². The molecule has 0 bridgehead atoms. The van der Waals surface area contributed by atoms with E-state index in [9.17, 15) is 4.79 Å². The minimum Gasteiger partial charge on any atom is -0.497 e. The van der Waals surface area contributed by atoms with Gasteiger partial charge in [0.25, 0.3) is 5.91 Å². The molecule has 0 atom stereocenters. The van der Waals surface area contributed by atoms with Crippen LogP contribution in [0.3, 0.4) is 0 Å². The molecule has 0 saturated carbocycles. The monoisotopic (exact) mass is 304 g/mol. The Bertz CT molecular complexity index is 592. The van der Waals surface area contributed by atoms with Crippen molar-refractivity contribution in [3.8, 4) is 5.75 Å². The molecule has 0 unspecified atom stereocenters. The van der Waals surface area contributed by atoms with Gasteiger partial charge in [0, 0.05) is 5.71 Å². The number of rotatable bonds is 8. The molecule has 22 heavy (non-hydrogen) atoms. The van der Waals surface area contributed by atoms with Gasteiger partial charge in [0.05, 0.1) is 18.4 Å². The quantitative estimate of drug-likeness (QED) is 0.591. The van der Waals surface area contributed by atoms with E-state index in [0.29, 0.717) is 17.1 Å². The molecule has 1 aromatic rings. The topological polar surface area (TPSA) is 73.9 Å². The fourth-order valence-electron chi connectivity index (χ4n) is 2.14. The summed E-state index contributed by atoms with van der Waals surface area (Å²) < 4.78 is 10.7. The van der Waals surface area contributed by atoms with E-state index in [1.54, 1.807) is 6.07 Å². The molecule has 0 aliphatic rings. The molecule has 0 aromatic heterocycles. The van der Waals surface area contributed by atoms with E-state index < -0.39 is 5.91 Å². The van der Waals surface area contributed by atoms with Gasteiger partial charge in [-0.3, -0.25) is 9.79 Å². The smallest absolute Gasteiger partial charge is 0.255 e. The first-order valence-corrected chi connectivity index (χ1v) is 7.22. The maximum atomic E-state index is 10.9. The molecule has 0 aliphatic heterocycles. The number of benzene rings is 1. The molecule has 0 heterocycles. The highest BCUT2D eigenvalue weighted by molar-refractivity contribution is 5.86. The number of primary amides is 1. The zero-order chi connectivity index (χ0) is 16.7. The SMILES string of the molecule is C=C(OC)c1c(OCC(N)=O)ccc(N=C(C)CCC)c1C. The predicted molar refractivity (Wildman–Crippen MR) is 89.6 cm³/mol. The van der Waals surface area contributed by atoms with Gasteiger partial charge in [-0.05, 0) is 38.0 Å². The maximum absolute atomic E-state index is 10.9. The summed E-state index contributed by atoms with van der Waals surface area (Å²) in [5.41, 5.74) is 8.62. The van der Waals surface area contributed by atoms with Crippen molar-refractivity contribution in [2.45, 2.75) is 33.6 Å². The molecule has 0 spiro atoms. The van der Waals surface area contributed by atoms with Crippen LogP contribution in [0, 0.1) is 6.92 Å². The van der Waals surface area contributed by atoms with Crippen LogP contribution in [-0.4, -0.2) is 25.3 Å². The summed E-state index contributed by atoms with van der Waals surface area (Å²) in [6.45, 7) is 9.73. The number of aliphatic imine (C=N–C) groups is 1. The van der Waals surface area contributed by atoms with Crippen LogP contribution in [0.5, 0.6) is 5.75 Å². The number of methoxy groups -OCH3 is 1. The van der Waals surface area contributed by atoms with Gasteiger partial charge in [0.15, 0.2) is 6.61 Å². The van der Waals surface area contributed by atoms with Crippen LogP contribution in [0.1, 0.15) is 37.8 Å². The number of hydrogen-bond donors (Lipinski definition) is 1. The third-order valence-corrected chi connectivity index (χ3v) is 3.22. The van der Waals surface area contributed by atoms with Gasteiger partial charge < -0.3 is 15.2 Å². The van der Waals surface area contributed by atoms with E-state index in [4.69, 9.17) is 15.2 Å². The van der Waals surface area contributed by atoms with Crippen LogP contribution in [0.15, 0.2) is 23.7 Å². The van der Waals surface area contributed by atoms with E-state index in [0.717, 1.165) is 29.8 Å². The summed E-state index contributed by atoms with van der Waals surface area (Å²) in [6.07, 6.45) is 1.99. The lowest BCUT2D eigenvalue weighted by Gasteiger charge is -2.16. The van der Waals surface area contributed by atoms with Crippen LogP contribution in [0.25, 0.3) is 5.76 Å². The summed E-state index contributed by atoms with van der Waals surface area (Å²) >= 11 is 0. The Morgan fingerprint density at radius 3 is 2.64 bits per heavy atom. The second-order valence-electron chi connectivity index (χ2n) is 5.06. The number of nitrogens with zero attached hydrogens (tertiary/aromatic N) is 1. The van der Waals surface area contributed by atoms with Gasteiger partial charge in [0.2, 0.25) is 0 Å². The predicted octanol–water partition coefficient (Wildman–Crippen LogP) is 3.37.